The molecule has 1 aromatic heterocycles. The molecule has 0 aliphatic heterocycles. The van der Waals surface area contributed by atoms with E-state index in [4.69, 9.17) is 11.1 Å². The maximum absolute atomic E-state index is 11.0. The fourth-order valence-corrected chi connectivity index (χ4v) is 1.46. The second kappa shape index (κ2) is 2.59. The minimum absolute atomic E-state index is 0.0810. The van der Waals surface area contributed by atoms with Gasteiger partial charge < -0.3 is 5.73 Å². The van der Waals surface area contributed by atoms with Crippen LogP contribution < -0.4 is 5.73 Å². The summed E-state index contributed by atoms with van der Waals surface area (Å²) in [7, 11) is -3.40. The molecule has 12 heavy (non-hydrogen) atoms. The molecule has 0 saturated heterocycles. The van der Waals surface area contributed by atoms with Crippen LogP contribution in [0.2, 0.25) is 0 Å². The lowest BCUT2D eigenvalue weighted by molar-refractivity contribution is 0.593. The highest BCUT2D eigenvalue weighted by Gasteiger charge is 2.12. The Labute approximate surface area is 69.6 Å². The molecule has 1 heterocycles. The minimum Gasteiger partial charge on any atom is -0.382 e. The summed E-state index contributed by atoms with van der Waals surface area (Å²) in [6, 6.07) is 0. The van der Waals surface area contributed by atoms with Gasteiger partial charge in [-0.25, -0.2) is 17.4 Å². The van der Waals surface area contributed by atoms with Crippen molar-refractivity contribution in [2.75, 3.05) is 6.26 Å². The summed E-state index contributed by atoms with van der Waals surface area (Å²) in [5.74, 6) is -0.321. The Morgan fingerprint density at radius 3 is 2.67 bits per heavy atom. The molecule has 0 aromatic carbocycles. The monoisotopic (exact) mass is 188 g/mol. The van der Waals surface area contributed by atoms with Crippen LogP contribution in [0.25, 0.3) is 0 Å². The number of imidazole rings is 1. The van der Waals surface area contributed by atoms with Crippen molar-refractivity contribution >= 4 is 15.9 Å². The van der Waals surface area contributed by atoms with Crippen molar-refractivity contribution in [3.63, 3.8) is 0 Å². The molecule has 0 unspecified atom stereocenters. The van der Waals surface area contributed by atoms with Gasteiger partial charge in [0.2, 0.25) is 10.0 Å². The molecule has 0 amide bonds. The van der Waals surface area contributed by atoms with Crippen molar-refractivity contribution in [1.29, 1.82) is 5.41 Å². The second-order valence-electron chi connectivity index (χ2n) is 2.25. The quantitative estimate of drug-likeness (QED) is 0.457. The summed E-state index contributed by atoms with van der Waals surface area (Å²) in [5.41, 5.74) is 5.19. The lowest BCUT2D eigenvalue weighted by Gasteiger charge is -2.01. The number of hydrogen-bond donors (Lipinski definition) is 2. The van der Waals surface area contributed by atoms with Crippen LogP contribution in [0.3, 0.4) is 0 Å². The van der Waals surface area contributed by atoms with E-state index in [1.54, 1.807) is 0 Å². The van der Waals surface area contributed by atoms with Crippen molar-refractivity contribution in [2.45, 2.75) is 0 Å². The molecule has 0 bridgehead atoms. The molecular formula is C5H8N4O2S. The zero-order valence-corrected chi connectivity index (χ0v) is 7.17. The third-order valence-corrected chi connectivity index (χ3v) is 2.24. The largest absolute Gasteiger partial charge is 0.382 e. The Hall–Kier alpha value is -1.37. The van der Waals surface area contributed by atoms with E-state index >= 15 is 0 Å². The Balaban J connectivity index is 3.36. The number of nitrogen functional groups attached to an aromatic ring is 1. The van der Waals surface area contributed by atoms with Gasteiger partial charge in [0.25, 0.3) is 0 Å². The van der Waals surface area contributed by atoms with E-state index in [0.29, 0.717) is 0 Å². The number of hydrogen-bond acceptors (Lipinski definition) is 4. The van der Waals surface area contributed by atoms with E-state index in [9.17, 15) is 8.42 Å². The summed E-state index contributed by atoms with van der Waals surface area (Å²) < 4.78 is 22.8. The predicted octanol–water partition coefficient (Wildman–Crippen LogP) is -1.03. The van der Waals surface area contributed by atoms with Gasteiger partial charge >= 0.3 is 0 Å². The number of aromatic nitrogens is 2. The van der Waals surface area contributed by atoms with Crippen molar-refractivity contribution in [2.24, 2.45) is 5.73 Å². The highest BCUT2D eigenvalue weighted by Crippen LogP contribution is 2.00. The number of nitrogens with zero attached hydrogens (tertiary/aromatic N) is 2. The zero-order valence-electron chi connectivity index (χ0n) is 6.35. The number of amidine groups is 1. The molecule has 0 aliphatic carbocycles. The topological polar surface area (TPSA) is 102 Å². The van der Waals surface area contributed by atoms with Gasteiger partial charge in [0.15, 0.2) is 0 Å². The average Bonchev–Trinajstić information content (AvgIpc) is 2.30. The van der Waals surface area contributed by atoms with E-state index in [1.165, 1.54) is 6.20 Å². The molecule has 0 aliphatic rings. The number of nitrogens with one attached hydrogen (secondary N) is 1. The highest BCUT2D eigenvalue weighted by molar-refractivity contribution is 7.89. The lowest BCUT2D eigenvalue weighted by atomic mass is 10.5. The molecule has 66 valence electrons. The van der Waals surface area contributed by atoms with Crippen LogP contribution in [0.4, 0.5) is 0 Å². The summed E-state index contributed by atoms with van der Waals surface area (Å²) in [5, 5.41) is 7.03. The maximum atomic E-state index is 11.0. The Bertz CT molecular complexity index is 405. The van der Waals surface area contributed by atoms with Crippen LogP contribution in [0.1, 0.15) is 5.69 Å². The van der Waals surface area contributed by atoms with Gasteiger partial charge in [0.05, 0.1) is 12.5 Å². The molecule has 0 spiro atoms. The standard InChI is InChI=1S/C5H8N4O2S/c1-12(10,11)9-3-8-2-4(9)5(6)7/h2-3H,1H3,(H3,6,7). The summed E-state index contributed by atoms with van der Waals surface area (Å²) in [6.45, 7) is 0. The molecule has 3 N–H and O–H groups in total. The van der Waals surface area contributed by atoms with Crippen LogP contribution in [-0.2, 0) is 10.0 Å². The molecule has 0 fully saturated rings. The second-order valence-corrected chi connectivity index (χ2v) is 4.11. The minimum atomic E-state index is -3.40. The molecular weight excluding hydrogens is 180 g/mol. The molecule has 6 nitrogen and oxygen atoms in total. The first-order chi connectivity index (χ1) is 5.43. The fourth-order valence-electron chi connectivity index (χ4n) is 0.736. The summed E-state index contributed by atoms with van der Waals surface area (Å²) in [6.07, 6.45) is 3.34. The third-order valence-electron chi connectivity index (χ3n) is 1.24. The third kappa shape index (κ3) is 1.45. The van der Waals surface area contributed by atoms with Crippen LogP contribution >= 0.6 is 0 Å². The van der Waals surface area contributed by atoms with Gasteiger partial charge in [-0.2, -0.15) is 0 Å². The van der Waals surface area contributed by atoms with Gasteiger partial charge in [-0.05, 0) is 0 Å². The number of rotatable bonds is 2. The van der Waals surface area contributed by atoms with E-state index in [-0.39, 0.29) is 11.5 Å². The van der Waals surface area contributed by atoms with E-state index in [1.807, 2.05) is 0 Å². The first kappa shape index (κ1) is 8.72. The van der Waals surface area contributed by atoms with Gasteiger partial charge in [0, 0.05) is 0 Å². The summed E-state index contributed by atoms with van der Waals surface area (Å²) in [4.78, 5) is 3.57. The fraction of sp³-hybridized carbons (Fsp3) is 0.200. The molecule has 1 rings (SSSR count). The van der Waals surface area contributed by atoms with E-state index < -0.39 is 10.0 Å². The average molecular weight is 188 g/mol. The van der Waals surface area contributed by atoms with Gasteiger partial charge in [-0.3, -0.25) is 5.41 Å². The van der Waals surface area contributed by atoms with Crippen molar-refractivity contribution < 1.29 is 8.42 Å². The van der Waals surface area contributed by atoms with Crippen molar-refractivity contribution in [3.8, 4) is 0 Å². The number of nitrogens with two attached hydrogens (primary N) is 1. The molecule has 0 saturated carbocycles. The molecule has 1 aromatic rings. The maximum Gasteiger partial charge on any atom is 0.237 e. The zero-order chi connectivity index (χ0) is 9.35. The van der Waals surface area contributed by atoms with E-state index in [0.717, 1.165) is 16.6 Å². The Morgan fingerprint density at radius 1 is 1.75 bits per heavy atom. The smallest absolute Gasteiger partial charge is 0.237 e. The SMILES string of the molecule is CS(=O)(=O)n1cncc1C(=N)N. The first-order valence-electron chi connectivity index (χ1n) is 3.00. The van der Waals surface area contributed by atoms with Crippen LogP contribution in [-0.4, -0.2) is 29.5 Å². The first-order valence-corrected chi connectivity index (χ1v) is 4.85. The summed E-state index contributed by atoms with van der Waals surface area (Å²) >= 11 is 0. The van der Waals surface area contributed by atoms with Gasteiger partial charge in [-0.1, -0.05) is 0 Å². The van der Waals surface area contributed by atoms with Crippen molar-refractivity contribution in [3.05, 3.63) is 18.2 Å². The molecule has 7 heteroatoms. The van der Waals surface area contributed by atoms with Crippen molar-refractivity contribution in [1.82, 2.24) is 8.96 Å². The van der Waals surface area contributed by atoms with Gasteiger partial charge in [-0.15, -0.1) is 0 Å². The van der Waals surface area contributed by atoms with Crippen LogP contribution in [0.15, 0.2) is 12.5 Å². The lowest BCUT2D eigenvalue weighted by Crippen LogP contribution is -2.20. The highest BCUT2D eigenvalue weighted by atomic mass is 32.2. The van der Waals surface area contributed by atoms with Gasteiger partial charge in [0.1, 0.15) is 17.9 Å². The van der Waals surface area contributed by atoms with E-state index in [2.05, 4.69) is 4.98 Å². The Morgan fingerprint density at radius 2 is 2.33 bits per heavy atom. The molecule has 0 atom stereocenters. The molecule has 0 radical (unpaired) electrons. The van der Waals surface area contributed by atoms with Crippen LogP contribution in [0.5, 0.6) is 0 Å². The Kier molecular flexibility index (Phi) is 1.89. The normalized spacial score (nSPS) is 11.4. The van der Waals surface area contributed by atoms with Crippen LogP contribution in [0, 0.1) is 5.41 Å². The predicted molar refractivity (Wildman–Crippen MR) is 43.5 cm³/mol.